The van der Waals surface area contributed by atoms with Gasteiger partial charge in [-0.2, -0.15) is 10.5 Å². The molecule has 2 aliphatic carbocycles. The minimum absolute atomic E-state index is 0.124. The van der Waals surface area contributed by atoms with E-state index in [-0.39, 0.29) is 12.3 Å². The molecule has 0 radical (unpaired) electrons. The number of thiophene rings is 1. The Morgan fingerprint density at radius 2 is 2.06 bits per heavy atom. The van der Waals surface area contributed by atoms with E-state index in [1.165, 1.54) is 39.8 Å². The fourth-order valence-electron chi connectivity index (χ4n) is 4.79. The third-order valence-corrected chi connectivity index (χ3v) is 8.74. The van der Waals surface area contributed by atoms with E-state index in [1.54, 1.807) is 0 Å². The molecule has 0 fully saturated rings. The number of nitriles is 2. The molecule has 0 saturated carbocycles. The van der Waals surface area contributed by atoms with Crippen molar-refractivity contribution in [1.82, 2.24) is 4.98 Å². The van der Waals surface area contributed by atoms with Gasteiger partial charge in [0.2, 0.25) is 5.91 Å². The van der Waals surface area contributed by atoms with E-state index in [9.17, 15) is 15.3 Å². The minimum Gasteiger partial charge on any atom is -0.317 e. The Hall–Kier alpha value is -3.13. The number of amides is 1. The second-order valence-electron chi connectivity index (χ2n) is 8.94. The van der Waals surface area contributed by atoms with Crippen LogP contribution in [0.2, 0.25) is 0 Å². The first-order valence-electron chi connectivity index (χ1n) is 11.6. The van der Waals surface area contributed by atoms with Crippen LogP contribution in [0.3, 0.4) is 0 Å². The molecule has 0 bridgehead atoms. The predicted octanol–water partition coefficient (Wildman–Crippen LogP) is 5.90. The molecule has 1 aromatic carbocycles. The molecule has 5 nitrogen and oxygen atoms in total. The number of thioether (sulfide) groups is 1. The highest BCUT2D eigenvalue weighted by Gasteiger charge is 2.25. The summed E-state index contributed by atoms with van der Waals surface area (Å²) >= 11 is 2.95. The van der Waals surface area contributed by atoms with E-state index in [1.807, 2.05) is 18.2 Å². The number of rotatable bonds is 5. The number of fused-ring (bicyclic) bond motifs is 4. The predicted molar refractivity (Wildman–Crippen MR) is 136 cm³/mol. The van der Waals surface area contributed by atoms with Crippen molar-refractivity contribution in [1.29, 1.82) is 10.5 Å². The number of aromatic nitrogens is 1. The van der Waals surface area contributed by atoms with E-state index >= 15 is 0 Å². The molecular weight excluding hydrogens is 460 g/mol. The fourth-order valence-corrected chi connectivity index (χ4v) is 6.99. The average Bonchev–Trinajstić information content (AvgIpc) is 3.20. The van der Waals surface area contributed by atoms with Crippen LogP contribution in [-0.4, -0.2) is 16.6 Å². The normalized spacial score (nSPS) is 15.9. The standard InChI is InChI=1S/C27H24N4OS2/c1-16-6-9-23-18(12-16)13-19(14-28)26(30-23)33-11-10-24(32)31-27-22(15-29)21-8-7-17-4-2-3-5-20(17)25(21)34-27/h2-5,13,16H,6-12H2,1H3,(H,31,32). The van der Waals surface area contributed by atoms with Crippen LogP contribution in [0, 0.1) is 28.6 Å². The van der Waals surface area contributed by atoms with Gasteiger partial charge in [-0.1, -0.05) is 31.2 Å². The number of nitrogens with zero attached hydrogens (tertiary/aromatic N) is 3. The molecule has 2 aliphatic rings. The highest BCUT2D eigenvalue weighted by atomic mass is 32.2. The summed E-state index contributed by atoms with van der Waals surface area (Å²) < 4.78 is 0. The lowest BCUT2D eigenvalue weighted by atomic mass is 9.87. The zero-order valence-corrected chi connectivity index (χ0v) is 20.6. The summed E-state index contributed by atoms with van der Waals surface area (Å²) in [7, 11) is 0. The van der Waals surface area contributed by atoms with Gasteiger partial charge in [-0.15, -0.1) is 23.1 Å². The fraction of sp³-hybridized carbons (Fsp3) is 0.333. The summed E-state index contributed by atoms with van der Waals surface area (Å²) in [6.45, 7) is 2.23. The number of nitrogens with one attached hydrogen (secondary N) is 1. The summed E-state index contributed by atoms with van der Waals surface area (Å²) in [5, 5.41) is 23.7. The average molecular weight is 485 g/mol. The number of pyridine rings is 1. The van der Waals surface area contributed by atoms with Gasteiger partial charge >= 0.3 is 0 Å². The lowest BCUT2D eigenvalue weighted by Crippen LogP contribution is -2.14. The van der Waals surface area contributed by atoms with Crippen LogP contribution in [0.4, 0.5) is 5.00 Å². The van der Waals surface area contributed by atoms with E-state index in [2.05, 4.69) is 36.5 Å². The number of hydrogen-bond donors (Lipinski definition) is 1. The third kappa shape index (κ3) is 4.34. The van der Waals surface area contributed by atoms with Crippen molar-refractivity contribution in [2.24, 2.45) is 5.92 Å². The number of aryl methyl sites for hydroxylation is 2. The molecule has 7 heteroatoms. The molecule has 34 heavy (non-hydrogen) atoms. The highest BCUT2D eigenvalue weighted by Crippen LogP contribution is 2.44. The van der Waals surface area contributed by atoms with Gasteiger partial charge in [0.05, 0.1) is 11.1 Å². The summed E-state index contributed by atoms with van der Waals surface area (Å²) in [5.41, 5.74) is 6.95. The van der Waals surface area contributed by atoms with Gasteiger partial charge in [0.15, 0.2) is 0 Å². The van der Waals surface area contributed by atoms with Crippen LogP contribution in [0.15, 0.2) is 35.4 Å². The number of carbonyl (C=O) groups excluding carboxylic acids is 1. The van der Waals surface area contributed by atoms with Gasteiger partial charge < -0.3 is 5.32 Å². The van der Waals surface area contributed by atoms with E-state index < -0.39 is 0 Å². The molecule has 0 saturated heterocycles. The van der Waals surface area contributed by atoms with Crippen LogP contribution >= 0.6 is 23.1 Å². The van der Waals surface area contributed by atoms with Crippen LogP contribution in [0.1, 0.15) is 53.3 Å². The molecule has 5 rings (SSSR count). The Morgan fingerprint density at radius 1 is 1.21 bits per heavy atom. The van der Waals surface area contributed by atoms with Crippen molar-refractivity contribution in [2.75, 3.05) is 11.1 Å². The summed E-state index contributed by atoms with van der Waals surface area (Å²) in [6, 6.07) is 14.8. The van der Waals surface area contributed by atoms with Gasteiger partial charge in [-0.25, -0.2) is 4.98 Å². The maximum atomic E-state index is 12.7. The maximum absolute atomic E-state index is 12.7. The summed E-state index contributed by atoms with van der Waals surface area (Å²) in [6.07, 6.45) is 5.05. The van der Waals surface area contributed by atoms with Crippen LogP contribution in [0.25, 0.3) is 10.4 Å². The zero-order valence-electron chi connectivity index (χ0n) is 19.0. The Morgan fingerprint density at radius 3 is 2.88 bits per heavy atom. The number of hydrogen-bond acceptors (Lipinski definition) is 6. The smallest absolute Gasteiger partial charge is 0.225 e. The molecule has 0 aliphatic heterocycles. The Labute approximate surface area is 207 Å². The van der Waals surface area contributed by atoms with Crippen LogP contribution in [-0.2, 0) is 30.5 Å². The van der Waals surface area contributed by atoms with Crippen LogP contribution in [0.5, 0.6) is 0 Å². The Balaban J connectivity index is 1.27. The van der Waals surface area contributed by atoms with Gasteiger partial charge in [0.25, 0.3) is 0 Å². The zero-order chi connectivity index (χ0) is 23.7. The lowest BCUT2D eigenvalue weighted by molar-refractivity contribution is -0.115. The minimum atomic E-state index is -0.124. The van der Waals surface area contributed by atoms with Crippen LogP contribution < -0.4 is 5.32 Å². The number of benzene rings is 1. The summed E-state index contributed by atoms with van der Waals surface area (Å²) in [4.78, 5) is 18.6. The largest absolute Gasteiger partial charge is 0.317 e. The molecule has 3 aromatic rings. The molecule has 1 unspecified atom stereocenters. The lowest BCUT2D eigenvalue weighted by Gasteiger charge is -2.21. The van der Waals surface area contributed by atoms with E-state index in [0.29, 0.717) is 32.8 Å². The summed E-state index contributed by atoms with van der Waals surface area (Å²) in [5.74, 6) is 1.03. The second-order valence-corrected chi connectivity index (χ2v) is 11.0. The van der Waals surface area contributed by atoms with E-state index in [4.69, 9.17) is 4.98 Å². The van der Waals surface area contributed by atoms with Crippen molar-refractivity contribution in [3.05, 3.63) is 63.8 Å². The Bertz CT molecular complexity index is 1360. The van der Waals surface area contributed by atoms with Crippen molar-refractivity contribution in [3.8, 4) is 22.6 Å². The first-order valence-corrected chi connectivity index (χ1v) is 13.4. The Kier molecular flexibility index (Phi) is 6.41. The molecular formula is C27H24N4OS2. The van der Waals surface area contributed by atoms with Gasteiger partial charge in [-0.05, 0) is 66.3 Å². The third-order valence-electron chi connectivity index (χ3n) is 6.56. The number of anilines is 1. The molecule has 170 valence electrons. The molecule has 2 aromatic heterocycles. The molecule has 0 spiro atoms. The van der Waals surface area contributed by atoms with Crippen molar-refractivity contribution in [3.63, 3.8) is 0 Å². The first-order chi connectivity index (χ1) is 16.6. The van der Waals surface area contributed by atoms with Crippen molar-refractivity contribution in [2.45, 2.75) is 50.5 Å². The molecule has 1 N–H and O–H groups in total. The van der Waals surface area contributed by atoms with Gasteiger partial charge in [0, 0.05) is 22.7 Å². The molecule has 1 amide bonds. The molecule has 2 heterocycles. The number of carbonyl (C=O) groups is 1. The monoisotopic (exact) mass is 484 g/mol. The SMILES string of the molecule is CC1CCc2nc(SCCC(=O)Nc3sc4c(c3C#N)CCc3ccccc3-4)c(C#N)cc2C1. The molecule has 1 atom stereocenters. The second kappa shape index (κ2) is 9.62. The van der Waals surface area contributed by atoms with Gasteiger partial charge in [0.1, 0.15) is 22.2 Å². The highest BCUT2D eigenvalue weighted by molar-refractivity contribution is 7.99. The topological polar surface area (TPSA) is 89.6 Å². The quantitative estimate of drug-likeness (QED) is 0.456. The van der Waals surface area contributed by atoms with E-state index in [0.717, 1.165) is 48.2 Å². The van der Waals surface area contributed by atoms with Gasteiger partial charge in [-0.3, -0.25) is 4.79 Å². The van der Waals surface area contributed by atoms with Crippen molar-refractivity contribution >= 4 is 34.0 Å². The van der Waals surface area contributed by atoms with Crippen molar-refractivity contribution < 1.29 is 4.79 Å². The first kappa shape index (κ1) is 22.7. The maximum Gasteiger partial charge on any atom is 0.225 e.